The minimum absolute atomic E-state index is 0.280. The Morgan fingerprint density at radius 1 is 1.06 bits per heavy atom. The third-order valence-electron chi connectivity index (χ3n) is 4.77. The van der Waals surface area contributed by atoms with E-state index in [-0.39, 0.29) is 11.7 Å². The largest absolute Gasteiger partial charge is 0.493 e. The second kappa shape index (κ2) is 8.06. The van der Waals surface area contributed by atoms with Gasteiger partial charge in [-0.05, 0) is 37.3 Å². The number of aromatic nitrogens is 1. The van der Waals surface area contributed by atoms with Crippen LogP contribution in [0.25, 0.3) is 10.9 Å². The lowest BCUT2D eigenvalue weighted by molar-refractivity contribution is -0.135. The van der Waals surface area contributed by atoms with Gasteiger partial charge in [0.1, 0.15) is 0 Å². The SMILES string of the molecule is COc1cc([C@@H]2OC(c3cc(C)nc4ccccc34)=NN2C(C)=O)ccc1OC(C)=O. The maximum Gasteiger partial charge on any atom is 0.308 e. The Kier molecular flexibility index (Phi) is 5.29. The molecule has 1 aliphatic heterocycles. The summed E-state index contributed by atoms with van der Waals surface area (Å²) < 4.78 is 16.7. The summed E-state index contributed by atoms with van der Waals surface area (Å²) in [6.07, 6.45) is -0.792. The average molecular weight is 419 g/mol. The van der Waals surface area contributed by atoms with Crippen LogP contribution in [0.5, 0.6) is 11.5 Å². The highest BCUT2D eigenvalue weighted by atomic mass is 16.6. The molecule has 158 valence electrons. The number of pyridine rings is 1. The molecule has 1 atom stereocenters. The van der Waals surface area contributed by atoms with Crippen LogP contribution in [0.2, 0.25) is 0 Å². The first-order valence-electron chi connectivity index (χ1n) is 9.65. The molecule has 3 aromatic rings. The monoisotopic (exact) mass is 419 g/mol. The molecule has 8 heteroatoms. The Hall–Kier alpha value is -3.94. The Balaban J connectivity index is 1.75. The van der Waals surface area contributed by atoms with E-state index in [1.165, 1.54) is 26.0 Å². The van der Waals surface area contributed by atoms with Gasteiger partial charge in [-0.2, -0.15) is 5.01 Å². The van der Waals surface area contributed by atoms with Gasteiger partial charge in [0.15, 0.2) is 11.5 Å². The van der Waals surface area contributed by atoms with Crippen molar-refractivity contribution < 1.29 is 23.8 Å². The van der Waals surface area contributed by atoms with E-state index in [2.05, 4.69) is 10.1 Å². The number of rotatable bonds is 4. The van der Waals surface area contributed by atoms with E-state index < -0.39 is 12.2 Å². The highest BCUT2D eigenvalue weighted by molar-refractivity contribution is 6.07. The van der Waals surface area contributed by atoms with Crippen LogP contribution in [0.4, 0.5) is 0 Å². The van der Waals surface area contributed by atoms with Crippen molar-refractivity contribution in [3.8, 4) is 11.5 Å². The molecule has 8 nitrogen and oxygen atoms in total. The van der Waals surface area contributed by atoms with Crippen molar-refractivity contribution in [1.82, 2.24) is 9.99 Å². The summed E-state index contributed by atoms with van der Waals surface area (Å²) in [4.78, 5) is 28.2. The minimum atomic E-state index is -0.792. The first kappa shape index (κ1) is 20.3. The molecule has 0 saturated carbocycles. The molecule has 2 aromatic carbocycles. The molecule has 2 heterocycles. The van der Waals surface area contributed by atoms with Gasteiger partial charge in [0.05, 0.1) is 12.6 Å². The third-order valence-corrected chi connectivity index (χ3v) is 4.77. The number of ether oxygens (including phenoxy) is 3. The number of aryl methyl sites for hydroxylation is 1. The normalized spacial score (nSPS) is 15.4. The smallest absolute Gasteiger partial charge is 0.308 e. The van der Waals surface area contributed by atoms with Crippen molar-refractivity contribution in [2.75, 3.05) is 7.11 Å². The van der Waals surface area contributed by atoms with Crippen LogP contribution in [0, 0.1) is 6.92 Å². The number of carbonyl (C=O) groups excluding carboxylic acids is 2. The lowest BCUT2D eigenvalue weighted by atomic mass is 10.1. The predicted molar refractivity (Wildman–Crippen MR) is 114 cm³/mol. The lowest BCUT2D eigenvalue weighted by Crippen LogP contribution is -2.25. The highest BCUT2D eigenvalue weighted by Gasteiger charge is 2.34. The van der Waals surface area contributed by atoms with Gasteiger partial charge in [0, 0.05) is 36.1 Å². The fourth-order valence-electron chi connectivity index (χ4n) is 3.45. The first-order valence-corrected chi connectivity index (χ1v) is 9.65. The summed E-state index contributed by atoms with van der Waals surface area (Å²) in [6, 6.07) is 14.5. The Morgan fingerprint density at radius 2 is 1.84 bits per heavy atom. The third kappa shape index (κ3) is 3.92. The maximum absolute atomic E-state index is 12.3. The molecule has 1 aliphatic rings. The fraction of sp³-hybridized carbons (Fsp3) is 0.217. The van der Waals surface area contributed by atoms with Crippen molar-refractivity contribution >= 4 is 28.7 Å². The van der Waals surface area contributed by atoms with Crippen molar-refractivity contribution in [3.05, 3.63) is 65.4 Å². The fourth-order valence-corrected chi connectivity index (χ4v) is 3.45. The number of carbonyl (C=O) groups is 2. The molecule has 0 unspecified atom stereocenters. The molecule has 0 N–H and O–H groups in total. The van der Waals surface area contributed by atoms with Crippen LogP contribution in [-0.4, -0.2) is 34.9 Å². The van der Waals surface area contributed by atoms with Gasteiger partial charge < -0.3 is 14.2 Å². The molecule has 0 fully saturated rings. The van der Waals surface area contributed by atoms with Crippen LogP contribution in [0.15, 0.2) is 53.6 Å². The zero-order valence-corrected chi connectivity index (χ0v) is 17.6. The number of nitrogens with zero attached hydrogens (tertiary/aromatic N) is 3. The lowest BCUT2D eigenvalue weighted by Gasteiger charge is -2.20. The average Bonchev–Trinajstić information content (AvgIpc) is 3.18. The van der Waals surface area contributed by atoms with E-state index in [0.29, 0.717) is 17.2 Å². The first-order chi connectivity index (χ1) is 14.9. The molecule has 1 amide bonds. The second-order valence-electron chi connectivity index (χ2n) is 7.07. The number of benzene rings is 2. The summed E-state index contributed by atoms with van der Waals surface area (Å²) in [5, 5.41) is 6.61. The highest BCUT2D eigenvalue weighted by Crippen LogP contribution is 2.36. The summed E-state index contributed by atoms with van der Waals surface area (Å²) in [5.74, 6) is 0.212. The van der Waals surface area contributed by atoms with Crippen molar-refractivity contribution in [2.45, 2.75) is 27.0 Å². The van der Waals surface area contributed by atoms with Gasteiger partial charge in [-0.15, -0.1) is 5.10 Å². The molecule has 0 spiro atoms. The molecule has 1 aromatic heterocycles. The Morgan fingerprint density at radius 3 is 2.55 bits per heavy atom. The van der Waals surface area contributed by atoms with Crippen LogP contribution in [-0.2, 0) is 14.3 Å². The summed E-state index contributed by atoms with van der Waals surface area (Å²) in [5.41, 5.74) is 3.00. The molecular formula is C23H21N3O5. The van der Waals surface area contributed by atoms with Crippen LogP contribution in [0.1, 0.15) is 36.9 Å². The van der Waals surface area contributed by atoms with Crippen molar-refractivity contribution in [3.63, 3.8) is 0 Å². The van der Waals surface area contributed by atoms with E-state index in [9.17, 15) is 9.59 Å². The number of amides is 1. The van der Waals surface area contributed by atoms with Gasteiger partial charge in [-0.1, -0.05) is 18.2 Å². The molecule has 4 rings (SSSR count). The predicted octanol–water partition coefficient (Wildman–Crippen LogP) is 3.72. The van der Waals surface area contributed by atoms with Gasteiger partial charge in [0.2, 0.25) is 18.0 Å². The topological polar surface area (TPSA) is 90.3 Å². The number of hydrazone groups is 1. The Bertz CT molecular complexity index is 1220. The number of fused-ring (bicyclic) bond motifs is 1. The van der Waals surface area contributed by atoms with Crippen molar-refractivity contribution in [1.29, 1.82) is 0 Å². The van der Waals surface area contributed by atoms with E-state index in [1.54, 1.807) is 18.2 Å². The van der Waals surface area contributed by atoms with E-state index in [4.69, 9.17) is 14.2 Å². The van der Waals surface area contributed by atoms with Crippen LogP contribution < -0.4 is 9.47 Å². The second-order valence-corrected chi connectivity index (χ2v) is 7.07. The Labute approximate surface area is 179 Å². The molecule has 0 saturated heterocycles. The van der Waals surface area contributed by atoms with Gasteiger partial charge >= 0.3 is 5.97 Å². The number of hydrogen-bond acceptors (Lipinski definition) is 7. The molecular weight excluding hydrogens is 398 g/mol. The van der Waals surface area contributed by atoms with Crippen molar-refractivity contribution in [2.24, 2.45) is 5.10 Å². The van der Waals surface area contributed by atoms with Gasteiger partial charge in [0.25, 0.3) is 0 Å². The van der Waals surface area contributed by atoms with E-state index in [0.717, 1.165) is 22.2 Å². The van der Waals surface area contributed by atoms with Crippen LogP contribution in [0.3, 0.4) is 0 Å². The van der Waals surface area contributed by atoms with Gasteiger partial charge in [-0.3, -0.25) is 14.6 Å². The quantitative estimate of drug-likeness (QED) is 0.473. The van der Waals surface area contributed by atoms with E-state index >= 15 is 0 Å². The minimum Gasteiger partial charge on any atom is -0.493 e. The number of esters is 1. The number of hydrogen-bond donors (Lipinski definition) is 0. The van der Waals surface area contributed by atoms with Gasteiger partial charge in [-0.25, -0.2) is 0 Å². The molecule has 0 bridgehead atoms. The molecule has 31 heavy (non-hydrogen) atoms. The van der Waals surface area contributed by atoms with E-state index in [1.807, 2.05) is 37.3 Å². The number of methoxy groups -OCH3 is 1. The van der Waals surface area contributed by atoms with Crippen LogP contribution >= 0.6 is 0 Å². The zero-order valence-electron chi connectivity index (χ0n) is 17.6. The maximum atomic E-state index is 12.3. The summed E-state index contributed by atoms with van der Waals surface area (Å²) in [7, 11) is 1.47. The molecule has 0 radical (unpaired) electrons. The summed E-state index contributed by atoms with van der Waals surface area (Å²) in [6.45, 7) is 4.62. The number of para-hydroxylation sites is 1. The molecule has 0 aliphatic carbocycles. The zero-order chi connectivity index (χ0) is 22.1. The summed E-state index contributed by atoms with van der Waals surface area (Å²) >= 11 is 0. The standard InChI is InChI=1S/C23H21N3O5/c1-13-11-18(17-7-5-6-8-19(17)24-13)22-25-26(14(2)27)23(31-22)16-9-10-20(30-15(3)28)21(12-16)29-4/h5-12,23H,1-4H3/t23-/m0/s1.